The number of hydrogen-bond acceptors (Lipinski definition) is 4. The van der Waals surface area contributed by atoms with E-state index in [9.17, 15) is 9.59 Å². The van der Waals surface area contributed by atoms with Crippen LogP contribution in [0.2, 0.25) is 0 Å². The van der Waals surface area contributed by atoms with E-state index in [1.807, 2.05) is 0 Å². The second kappa shape index (κ2) is 5.67. The smallest absolute Gasteiger partial charge is 0.242 e. The van der Waals surface area contributed by atoms with Crippen LogP contribution in [0, 0.1) is 0 Å². The highest BCUT2D eigenvalue weighted by atomic mass is 16.5. The number of fused-ring (bicyclic) bond motifs is 1. The molecular weight excluding hydrogens is 234 g/mol. The number of methoxy groups -OCH3 is 1. The van der Waals surface area contributed by atoms with Crippen molar-refractivity contribution in [2.75, 3.05) is 20.3 Å². The lowest BCUT2D eigenvalue weighted by Gasteiger charge is -2.44. The second-order valence-corrected chi connectivity index (χ2v) is 5.05. The Morgan fingerprint density at radius 1 is 1.56 bits per heavy atom. The van der Waals surface area contributed by atoms with Crippen molar-refractivity contribution < 1.29 is 14.3 Å². The predicted molar refractivity (Wildman–Crippen MR) is 65.8 cm³/mol. The third-order valence-corrected chi connectivity index (χ3v) is 3.74. The molecule has 0 aromatic rings. The van der Waals surface area contributed by atoms with Crippen LogP contribution in [0.5, 0.6) is 0 Å². The maximum atomic E-state index is 12.2. The number of ether oxygens (including phenoxy) is 1. The SMILES string of the molecule is COCC(N)C(=O)N1CC(=O)NC2CCCCC21. The molecule has 0 bridgehead atoms. The predicted octanol–water partition coefficient (Wildman–Crippen LogP) is -0.770. The molecule has 1 aliphatic heterocycles. The van der Waals surface area contributed by atoms with Crippen LogP contribution in [0.3, 0.4) is 0 Å². The summed E-state index contributed by atoms with van der Waals surface area (Å²) in [7, 11) is 1.51. The van der Waals surface area contributed by atoms with E-state index < -0.39 is 6.04 Å². The van der Waals surface area contributed by atoms with Gasteiger partial charge in [0, 0.05) is 13.2 Å². The topological polar surface area (TPSA) is 84.7 Å². The van der Waals surface area contributed by atoms with E-state index in [0.717, 1.165) is 25.7 Å². The monoisotopic (exact) mass is 255 g/mol. The average molecular weight is 255 g/mol. The first-order chi connectivity index (χ1) is 8.63. The lowest BCUT2D eigenvalue weighted by Crippen LogP contribution is -2.65. The largest absolute Gasteiger partial charge is 0.383 e. The molecule has 2 rings (SSSR count). The summed E-state index contributed by atoms with van der Waals surface area (Å²) in [6.45, 7) is 0.311. The molecule has 1 heterocycles. The Kier molecular flexibility index (Phi) is 4.19. The summed E-state index contributed by atoms with van der Waals surface area (Å²) in [5.41, 5.74) is 5.78. The second-order valence-electron chi connectivity index (χ2n) is 5.05. The number of nitrogens with one attached hydrogen (secondary N) is 1. The number of nitrogens with zero attached hydrogens (tertiary/aromatic N) is 1. The maximum Gasteiger partial charge on any atom is 0.242 e. The summed E-state index contributed by atoms with van der Waals surface area (Å²) in [6, 6.07) is -0.478. The average Bonchev–Trinajstić information content (AvgIpc) is 2.37. The molecule has 0 radical (unpaired) electrons. The fourth-order valence-corrected chi connectivity index (χ4v) is 2.88. The quantitative estimate of drug-likeness (QED) is 0.693. The molecule has 3 unspecified atom stereocenters. The van der Waals surface area contributed by atoms with E-state index in [1.165, 1.54) is 7.11 Å². The molecule has 0 spiro atoms. The van der Waals surface area contributed by atoms with Crippen molar-refractivity contribution in [2.24, 2.45) is 5.73 Å². The number of rotatable bonds is 3. The zero-order valence-electron chi connectivity index (χ0n) is 10.7. The summed E-state index contributed by atoms with van der Waals surface area (Å²) in [5.74, 6) is -0.264. The van der Waals surface area contributed by atoms with E-state index in [1.54, 1.807) is 4.90 Å². The van der Waals surface area contributed by atoms with Crippen molar-refractivity contribution in [3.05, 3.63) is 0 Å². The minimum Gasteiger partial charge on any atom is -0.383 e. The van der Waals surface area contributed by atoms with Gasteiger partial charge >= 0.3 is 0 Å². The first-order valence-corrected chi connectivity index (χ1v) is 6.48. The molecule has 3 atom stereocenters. The summed E-state index contributed by atoms with van der Waals surface area (Å²) in [4.78, 5) is 25.5. The molecule has 18 heavy (non-hydrogen) atoms. The maximum absolute atomic E-state index is 12.2. The fraction of sp³-hybridized carbons (Fsp3) is 0.833. The van der Waals surface area contributed by atoms with Gasteiger partial charge in [-0.2, -0.15) is 0 Å². The molecule has 2 fully saturated rings. The third-order valence-electron chi connectivity index (χ3n) is 3.74. The molecule has 0 aromatic heterocycles. The summed E-state index contributed by atoms with van der Waals surface area (Å²) in [6.07, 6.45) is 4.09. The van der Waals surface area contributed by atoms with Crippen LogP contribution in [-0.4, -0.2) is 55.1 Å². The molecule has 102 valence electrons. The van der Waals surface area contributed by atoms with E-state index in [4.69, 9.17) is 10.5 Å². The Labute approximate surface area is 107 Å². The molecular formula is C12H21N3O3. The highest BCUT2D eigenvalue weighted by molar-refractivity contribution is 5.89. The van der Waals surface area contributed by atoms with Gasteiger partial charge in [0.15, 0.2) is 0 Å². The van der Waals surface area contributed by atoms with Crippen LogP contribution in [0.4, 0.5) is 0 Å². The third kappa shape index (κ3) is 2.64. The molecule has 1 saturated carbocycles. The fourth-order valence-electron chi connectivity index (χ4n) is 2.88. The van der Waals surface area contributed by atoms with E-state index in [2.05, 4.69) is 5.32 Å². The Morgan fingerprint density at radius 3 is 3.00 bits per heavy atom. The molecule has 6 nitrogen and oxygen atoms in total. The number of hydrogen-bond donors (Lipinski definition) is 2. The van der Waals surface area contributed by atoms with E-state index in [-0.39, 0.29) is 37.0 Å². The standard InChI is InChI=1S/C12H21N3O3/c1-18-7-8(13)12(17)15-6-11(16)14-9-4-2-3-5-10(9)15/h8-10H,2-7,13H2,1H3,(H,14,16). The molecule has 1 aliphatic carbocycles. The lowest BCUT2D eigenvalue weighted by molar-refractivity contribution is -0.146. The first kappa shape index (κ1) is 13.3. The van der Waals surface area contributed by atoms with Crippen LogP contribution >= 0.6 is 0 Å². The van der Waals surface area contributed by atoms with Gasteiger partial charge in [0.1, 0.15) is 6.04 Å². The van der Waals surface area contributed by atoms with Gasteiger partial charge in [-0.25, -0.2) is 0 Å². The van der Waals surface area contributed by atoms with Gasteiger partial charge in [-0.05, 0) is 12.8 Å². The van der Waals surface area contributed by atoms with Gasteiger partial charge in [-0.1, -0.05) is 12.8 Å². The number of carbonyl (C=O) groups is 2. The Balaban J connectivity index is 2.08. The molecule has 6 heteroatoms. The zero-order valence-corrected chi connectivity index (χ0v) is 10.7. The minimum absolute atomic E-state index is 0.0869. The first-order valence-electron chi connectivity index (χ1n) is 6.48. The number of piperazine rings is 1. The van der Waals surface area contributed by atoms with Crippen LogP contribution in [0.25, 0.3) is 0 Å². The van der Waals surface area contributed by atoms with Crippen molar-refractivity contribution in [3.63, 3.8) is 0 Å². The van der Waals surface area contributed by atoms with Crippen LogP contribution in [0.1, 0.15) is 25.7 Å². The summed E-state index contributed by atoms with van der Waals surface area (Å²) >= 11 is 0. The van der Waals surface area contributed by atoms with Crippen LogP contribution < -0.4 is 11.1 Å². The summed E-state index contributed by atoms with van der Waals surface area (Å²) < 4.78 is 4.91. The van der Waals surface area contributed by atoms with Crippen molar-refractivity contribution in [1.82, 2.24) is 10.2 Å². The zero-order chi connectivity index (χ0) is 13.1. The Bertz CT molecular complexity index is 335. The molecule has 2 aliphatic rings. The van der Waals surface area contributed by atoms with E-state index >= 15 is 0 Å². The van der Waals surface area contributed by atoms with Gasteiger partial charge in [0.05, 0.1) is 19.2 Å². The van der Waals surface area contributed by atoms with E-state index in [0.29, 0.717) is 0 Å². The normalized spacial score (nSPS) is 29.4. The van der Waals surface area contributed by atoms with Crippen molar-refractivity contribution in [1.29, 1.82) is 0 Å². The molecule has 3 N–H and O–H groups in total. The lowest BCUT2D eigenvalue weighted by atomic mass is 9.87. The van der Waals surface area contributed by atoms with Crippen molar-refractivity contribution in [2.45, 2.75) is 43.8 Å². The van der Waals surface area contributed by atoms with Gasteiger partial charge in [-0.15, -0.1) is 0 Å². The van der Waals surface area contributed by atoms with Gasteiger partial charge in [0.25, 0.3) is 0 Å². The van der Waals surface area contributed by atoms with Crippen molar-refractivity contribution in [3.8, 4) is 0 Å². The Morgan fingerprint density at radius 2 is 2.28 bits per heavy atom. The van der Waals surface area contributed by atoms with Crippen molar-refractivity contribution >= 4 is 11.8 Å². The minimum atomic E-state index is -0.677. The number of amides is 2. The van der Waals surface area contributed by atoms with Gasteiger partial charge in [-0.3, -0.25) is 9.59 Å². The van der Waals surface area contributed by atoms with Crippen LogP contribution in [0.15, 0.2) is 0 Å². The molecule has 0 aromatic carbocycles. The molecule has 1 saturated heterocycles. The number of carbonyl (C=O) groups excluding carboxylic acids is 2. The highest BCUT2D eigenvalue weighted by Crippen LogP contribution is 2.26. The Hall–Kier alpha value is -1.14. The number of nitrogens with two attached hydrogens (primary N) is 1. The van der Waals surface area contributed by atoms with Gasteiger partial charge < -0.3 is 20.7 Å². The van der Waals surface area contributed by atoms with Gasteiger partial charge in [0.2, 0.25) is 11.8 Å². The summed E-state index contributed by atoms with van der Waals surface area (Å²) in [5, 5.41) is 2.97. The van der Waals surface area contributed by atoms with Crippen LogP contribution in [-0.2, 0) is 14.3 Å². The highest BCUT2D eigenvalue weighted by Gasteiger charge is 2.39. The molecule has 2 amide bonds.